The monoisotopic (exact) mass is 389 g/mol. The van der Waals surface area contributed by atoms with Crippen molar-refractivity contribution in [3.8, 4) is 0 Å². The van der Waals surface area contributed by atoms with Crippen LogP contribution in [0.4, 0.5) is 13.2 Å². The standard InChI is InChI=1S/C19H26F3NO4/c1-3-27-16(24)17(10-12-26-2)9-11-23(13-15-7-5-4-6-8-15)14-18(17,25)19(20,21)22/h4-8,25H,3,9-14H2,1-2H3. The van der Waals surface area contributed by atoms with Gasteiger partial charge in [-0.25, -0.2) is 0 Å². The van der Waals surface area contributed by atoms with E-state index in [-0.39, 0.29) is 39.1 Å². The summed E-state index contributed by atoms with van der Waals surface area (Å²) in [5.74, 6) is -1.03. The first kappa shape index (κ1) is 21.7. The van der Waals surface area contributed by atoms with Gasteiger partial charge in [0, 0.05) is 26.8 Å². The molecule has 8 heteroatoms. The summed E-state index contributed by atoms with van der Waals surface area (Å²) < 4.78 is 52.0. The molecule has 0 aliphatic carbocycles. The molecule has 1 fully saturated rings. The Labute approximate surface area is 157 Å². The summed E-state index contributed by atoms with van der Waals surface area (Å²) in [6.07, 6.45) is -5.43. The predicted octanol–water partition coefficient (Wildman–Crippen LogP) is 2.77. The van der Waals surface area contributed by atoms with Gasteiger partial charge in [-0.05, 0) is 31.9 Å². The largest absolute Gasteiger partial charge is 0.465 e. The van der Waals surface area contributed by atoms with Gasteiger partial charge in [-0.3, -0.25) is 9.69 Å². The second-order valence-electron chi connectivity index (χ2n) is 6.85. The molecule has 1 aliphatic rings. The zero-order chi connectivity index (χ0) is 20.1. The van der Waals surface area contributed by atoms with Gasteiger partial charge in [0.2, 0.25) is 0 Å². The number of alkyl halides is 3. The van der Waals surface area contributed by atoms with E-state index in [0.29, 0.717) is 0 Å². The zero-order valence-electron chi connectivity index (χ0n) is 15.6. The van der Waals surface area contributed by atoms with Crippen LogP contribution < -0.4 is 0 Å². The van der Waals surface area contributed by atoms with Gasteiger partial charge in [-0.2, -0.15) is 13.2 Å². The van der Waals surface area contributed by atoms with Gasteiger partial charge in [0.15, 0.2) is 5.60 Å². The number of carbonyl (C=O) groups excluding carboxylic acids is 1. The highest BCUT2D eigenvalue weighted by atomic mass is 19.4. The third-order valence-corrected chi connectivity index (χ3v) is 5.22. The van der Waals surface area contributed by atoms with Gasteiger partial charge in [0.1, 0.15) is 5.41 Å². The van der Waals surface area contributed by atoms with Crippen molar-refractivity contribution in [3.05, 3.63) is 35.9 Å². The number of halogens is 3. The van der Waals surface area contributed by atoms with Crippen LogP contribution >= 0.6 is 0 Å². The minimum absolute atomic E-state index is 0.0603. The number of esters is 1. The number of carbonyl (C=O) groups is 1. The van der Waals surface area contributed by atoms with Crippen molar-refractivity contribution in [1.82, 2.24) is 4.90 Å². The fourth-order valence-electron chi connectivity index (χ4n) is 3.70. The summed E-state index contributed by atoms with van der Waals surface area (Å²) in [6, 6.07) is 9.05. The SMILES string of the molecule is CCOC(=O)C1(CCOC)CCN(Cc2ccccc2)CC1(O)C(F)(F)F. The van der Waals surface area contributed by atoms with E-state index >= 15 is 0 Å². The Bertz CT molecular complexity index is 625. The molecule has 0 saturated carbocycles. The van der Waals surface area contributed by atoms with E-state index in [2.05, 4.69) is 0 Å². The number of hydrogen-bond acceptors (Lipinski definition) is 5. The third kappa shape index (κ3) is 4.28. The second kappa shape index (κ2) is 8.58. The third-order valence-electron chi connectivity index (χ3n) is 5.22. The topological polar surface area (TPSA) is 59.0 Å². The molecule has 0 aromatic heterocycles. The molecular weight excluding hydrogens is 363 g/mol. The molecule has 1 aromatic rings. The molecule has 0 spiro atoms. The van der Waals surface area contributed by atoms with Crippen LogP contribution in [-0.2, 0) is 20.8 Å². The number of likely N-dealkylation sites (tertiary alicyclic amines) is 1. The van der Waals surface area contributed by atoms with E-state index in [9.17, 15) is 23.1 Å². The van der Waals surface area contributed by atoms with Crippen LogP contribution in [0.15, 0.2) is 30.3 Å². The Kier molecular flexibility index (Phi) is 6.88. The minimum Gasteiger partial charge on any atom is -0.465 e. The molecule has 0 amide bonds. The van der Waals surface area contributed by atoms with Crippen molar-refractivity contribution in [2.75, 3.05) is 33.4 Å². The molecular formula is C19H26F3NO4. The molecule has 2 rings (SSSR count). The summed E-state index contributed by atoms with van der Waals surface area (Å²) in [5.41, 5.74) is -4.48. The van der Waals surface area contributed by atoms with Crippen LogP contribution in [0.25, 0.3) is 0 Å². The van der Waals surface area contributed by atoms with Crippen molar-refractivity contribution in [2.45, 2.75) is 38.1 Å². The van der Waals surface area contributed by atoms with E-state index in [4.69, 9.17) is 9.47 Å². The minimum atomic E-state index is -5.00. The highest BCUT2D eigenvalue weighted by Gasteiger charge is 2.71. The van der Waals surface area contributed by atoms with Crippen LogP contribution in [0.3, 0.4) is 0 Å². The lowest BCUT2D eigenvalue weighted by molar-refractivity contribution is -0.318. The van der Waals surface area contributed by atoms with Crippen molar-refractivity contribution in [2.24, 2.45) is 5.41 Å². The number of piperidine rings is 1. The summed E-state index contributed by atoms with van der Waals surface area (Å²) in [6.45, 7) is 1.16. The maximum Gasteiger partial charge on any atom is 0.419 e. The smallest absolute Gasteiger partial charge is 0.419 e. The normalized spacial score (nSPS) is 26.7. The summed E-state index contributed by atoms with van der Waals surface area (Å²) in [7, 11) is 1.34. The molecule has 2 unspecified atom stereocenters. The summed E-state index contributed by atoms with van der Waals surface area (Å²) in [5, 5.41) is 10.9. The Morgan fingerprint density at radius 1 is 1.30 bits per heavy atom. The number of rotatable bonds is 7. The molecule has 1 N–H and O–H groups in total. The number of benzene rings is 1. The average Bonchev–Trinajstić information content (AvgIpc) is 2.61. The summed E-state index contributed by atoms with van der Waals surface area (Å²) >= 11 is 0. The zero-order valence-corrected chi connectivity index (χ0v) is 15.6. The van der Waals surface area contributed by atoms with E-state index in [0.717, 1.165) is 5.56 Å². The molecule has 0 bridgehead atoms. The number of methoxy groups -OCH3 is 1. The maximum atomic E-state index is 14.0. The van der Waals surface area contributed by atoms with Gasteiger partial charge in [0.25, 0.3) is 0 Å². The van der Waals surface area contributed by atoms with Crippen molar-refractivity contribution >= 4 is 5.97 Å². The van der Waals surface area contributed by atoms with Gasteiger partial charge in [-0.1, -0.05) is 30.3 Å². The molecule has 1 aromatic carbocycles. The highest BCUT2D eigenvalue weighted by Crippen LogP contribution is 2.52. The van der Waals surface area contributed by atoms with Gasteiger partial charge >= 0.3 is 12.1 Å². The number of nitrogens with zero attached hydrogens (tertiary/aromatic N) is 1. The molecule has 27 heavy (non-hydrogen) atoms. The molecule has 5 nitrogen and oxygen atoms in total. The van der Waals surface area contributed by atoms with Crippen LogP contribution in [0, 0.1) is 5.41 Å². The van der Waals surface area contributed by atoms with Crippen molar-refractivity contribution in [3.63, 3.8) is 0 Å². The molecule has 1 saturated heterocycles. The lowest BCUT2D eigenvalue weighted by Gasteiger charge is -2.52. The average molecular weight is 389 g/mol. The van der Waals surface area contributed by atoms with E-state index < -0.39 is 29.7 Å². The van der Waals surface area contributed by atoms with Crippen LogP contribution in [0.1, 0.15) is 25.3 Å². The number of β-amino-alcohol motifs (C(OH)–C–C–N with tert-alkyl or cyclic N) is 1. The Morgan fingerprint density at radius 2 is 1.96 bits per heavy atom. The number of aliphatic hydroxyl groups is 1. The second-order valence-corrected chi connectivity index (χ2v) is 6.85. The molecule has 0 radical (unpaired) electrons. The van der Waals surface area contributed by atoms with Crippen LogP contribution in [0.2, 0.25) is 0 Å². The van der Waals surface area contributed by atoms with Crippen molar-refractivity contribution in [1.29, 1.82) is 0 Å². The number of hydrogen-bond donors (Lipinski definition) is 1. The van der Waals surface area contributed by atoms with E-state index in [1.54, 1.807) is 12.1 Å². The fourth-order valence-corrected chi connectivity index (χ4v) is 3.70. The lowest BCUT2D eigenvalue weighted by Crippen LogP contribution is -2.70. The molecule has 152 valence electrons. The number of ether oxygens (including phenoxy) is 2. The molecule has 1 aliphatic heterocycles. The summed E-state index contributed by atoms with van der Waals surface area (Å²) in [4.78, 5) is 14.1. The maximum absolute atomic E-state index is 14.0. The van der Waals surface area contributed by atoms with Crippen molar-refractivity contribution < 1.29 is 32.5 Å². The Morgan fingerprint density at radius 3 is 2.52 bits per heavy atom. The molecule has 1 heterocycles. The Balaban J connectivity index is 2.37. The van der Waals surface area contributed by atoms with E-state index in [1.807, 2.05) is 18.2 Å². The van der Waals surface area contributed by atoms with Gasteiger partial charge in [0.05, 0.1) is 6.61 Å². The van der Waals surface area contributed by atoms with Crippen LogP contribution in [-0.4, -0.2) is 61.2 Å². The lowest BCUT2D eigenvalue weighted by atomic mass is 9.64. The van der Waals surface area contributed by atoms with Crippen LogP contribution in [0.5, 0.6) is 0 Å². The fraction of sp³-hybridized carbons (Fsp3) is 0.632. The highest BCUT2D eigenvalue weighted by molar-refractivity contribution is 5.79. The Hall–Kier alpha value is -1.64. The van der Waals surface area contributed by atoms with Gasteiger partial charge in [-0.15, -0.1) is 0 Å². The van der Waals surface area contributed by atoms with Gasteiger partial charge < -0.3 is 14.6 Å². The quantitative estimate of drug-likeness (QED) is 0.727. The first-order chi connectivity index (χ1) is 12.7. The molecule has 2 atom stereocenters. The first-order valence-electron chi connectivity index (χ1n) is 8.92. The predicted molar refractivity (Wildman–Crippen MR) is 92.9 cm³/mol. The first-order valence-corrected chi connectivity index (χ1v) is 8.92. The van der Waals surface area contributed by atoms with E-state index in [1.165, 1.54) is 18.9 Å².